The Kier molecular flexibility index (Phi) is 12.9. The maximum Gasteiger partial charge on any atom is 0.303 e. The molecule has 0 spiro atoms. The number of carbonyl (C=O) groups excluding carboxylic acids is 1. The largest absolute Gasteiger partial charge is 0.495 e. The van der Waals surface area contributed by atoms with E-state index in [-0.39, 0.29) is 37.4 Å². The number of carbonyl (C=O) groups is 1. The number of nitrogens with zero attached hydrogens (tertiary/aromatic N) is 3. The van der Waals surface area contributed by atoms with Crippen LogP contribution in [0.5, 0.6) is 17.2 Å². The SMILES string of the molecule is COc1cc(Nc2ncnc3cc(OCC(CN4CCCCC4)OC(C)=O)c(OC)cc23)c(Cl)cc1Cl.Cl.Cl. The van der Waals surface area contributed by atoms with E-state index in [1.54, 1.807) is 31.4 Å². The number of ether oxygens (including phenoxy) is 4. The number of hydrogen-bond acceptors (Lipinski definition) is 9. The Bertz CT molecular complexity index is 1260. The van der Waals surface area contributed by atoms with Gasteiger partial charge in [-0.2, -0.15) is 0 Å². The van der Waals surface area contributed by atoms with E-state index in [2.05, 4.69) is 20.2 Å². The Morgan fingerprint density at radius 3 is 2.36 bits per heavy atom. The Morgan fingerprint density at radius 2 is 1.69 bits per heavy atom. The van der Waals surface area contributed by atoms with Crippen molar-refractivity contribution in [2.75, 3.05) is 45.8 Å². The van der Waals surface area contributed by atoms with Crippen molar-refractivity contribution in [1.82, 2.24) is 14.9 Å². The molecule has 1 unspecified atom stereocenters. The van der Waals surface area contributed by atoms with Crippen LogP contribution in [-0.4, -0.2) is 67.4 Å². The molecular weight excluding hydrogens is 590 g/mol. The van der Waals surface area contributed by atoms with E-state index in [9.17, 15) is 4.79 Å². The minimum atomic E-state index is -0.402. The van der Waals surface area contributed by atoms with Crippen molar-refractivity contribution in [3.05, 3.63) is 40.6 Å². The third-order valence-electron chi connectivity index (χ3n) is 6.08. The second-order valence-corrected chi connectivity index (χ2v) is 9.55. The smallest absolute Gasteiger partial charge is 0.303 e. The summed E-state index contributed by atoms with van der Waals surface area (Å²) in [6, 6.07) is 6.87. The van der Waals surface area contributed by atoms with Crippen LogP contribution in [0.25, 0.3) is 10.9 Å². The van der Waals surface area contributed by atoms with Gasteiger partial charge in [0, 0.05) is 31.0 Å². The highest BCUT2D eigenvalue weighted by molar-refractivity contribution is 6.37. The average molecular weight is 622 g/mol. The molecule has 4 rings (SSSR count). The number of anilines is 2. The number of halogens is 4. The molecular formula is C26H32Cl4N4O5. The summed E-state index contributed by atoms with van der Waals surface area (Å²) in [4.78, 5) is 22.8. The summed E-state index contributed by atoms with van der Waals surface area (Å²) in [5.74, 6) is 1.64. The molecule has 1 aromatic heterocycles. The normalized spacial score (nSPS) is 14.0. The molecule has 13 heteroatoms. The quantitative estimate of drug-likeness (QED) is 0.260. The van der Waals surface area contributed by atoms with Crippen LogP contribution in [0.1, 0.15) is 26.2 Å². The topological polar surface area (TPSA) is 95.0 Å². The zero-order valence-corrected chi connectivity index (χ0v) is 25.0. The third-order valence-corrected chi connectivity index (χ3v) is 6.69. The van der Waals surface area contributed by atoms with Crippen LogP contribution in [0, 0.1) is 0 Å². The summed E-state index contributed by atoms with van der Waals surface area (Å²) in [5.41, 5.74) is 1.20. The first-order valence-electron chi connectivity index (χ1n) is 12.0. The van der Waals surface area contributed by atoms with Crippen molar-refractivity contribution in [2.24, 2.45) is 0 Å². The molecule has 2 heterocycles. The Hall–Kier alpha value is -2.43. The lowest BCUT2D eigenvalue weighted by atomic mass is 10.1. The molecule has 214 valence electrons. The highest BCUT2D eigenvalue weighted by atomic mass is 35.5. The maximum atomic E-state index is 11.7. The zero-order valence-electron chi connectivity index (χ0n) is 21.9. The van der Waals surface area contributed by atoms with Crippen molar-refractivity contribution >= 4 is 76.4 Å². The van der Waals surface area contributed by atoms with Crippen LogP contribution in [0.3, 0.4) is 0 Å². The van der Waals surface area contributed by atoms with Gasteiger partial charge >= 0.3 is 5.97 Å². The summed E-state index contributed by atoms with van der Waals surface area (Å²) in [6.07, 6.45) is 4.57. The molecule has 0 radical (unpaired) electrons. The van der Waals surface area contributed by atoms with Crippen molar-refractivity contribution in [2.45, 2.75) is 32.3 Å². The molecule has 3 aromatic rings. The number of esters is 1. The highest BCUT2D eigenvalue weighted by Crippen LogP contribution is 2.38. The summed E-state index contributed by atoms with van der Waals surface area (Å²) >= 11 is 12.6. The molecule has 0 bridgehead atoms. The molecule has 1 aliphatic rings. The summed E-state index contributed by atoms with van der Waals surface area (Å²) in [6.45, 7) is 4.21. The van der Waals surface area contributed by atoms with E-state index in [0.29, 0.717) is 56.2 Å². The fourth-order valence-electron chi connectivity index (χ4n) is 4.32. The molecule has 0 saturated carbocycles. The number of hydrogen-bond donors (Lipinski definition) is 1. The molecule has 2 aromatic carbocycles. The summed E-state index contributed by atoms with van der Waals surface area (Å²) < 4.78 is 22.6. The Labute approximate surface area is 250 Å². The van der Waals surface area contributed by atoms with Crippen molar-refractivity contribution < 1.29 is 23.7 Å². The van der Waals surface area contributed by atoms with Crippen molar-refractivity contribution in [1.29, 1.82) is 0 Å². The number of nitrogens with one attached hydrogen (secondary N) is 1. The van der Waals surface area contributed by atoms with Crippen molar-refractivity contribution in [3.8, 4) is 17.2 Å². The van der Waals surface area contributed by atoms with E-state index < -0.39 is 6.10 Å². The minimum absolute atomic E-state index is 0. The van der Waals surface area contributed by atoms with Crippen LogP contribution in [0.15, 0.2) is 30.6 Å². The van der Waals surface area contributed by atoms with E-state index >= 15 is 0 Å². The van der Waals surface area contributed by atoms with E-state index in [1.165, 1.54) is 26.8 Å². The van der Waals surface area contributed by atoms with Gasteiger partial charge in [0.05, 0.1) is 35.5 Å². The van der Waals surface area contributed by atoms with E-state index in [1.807, 2.05) is 0 Å². The van der Waals surface area contributed by atoms with Crippen LogP contribution >= 0.6 is 48.0 Å². The minimum Gasteiger partial charge on any atom is -0.495 e. The van der Waals surface area contributed by atoms with Gasteiger partial charge < -0.3 is 24.3 Å². The van der Waals surface area contributed by atoms with Crippen LogP contribution < -0.4 is 19.5 Å². The van der Waals surface area contributed by atoms with Gasteiger partial charge in [0.15, 0.2) is 11.5 Å². The molecule has 1 fully saturated rings. The van der Waals surface area contributed by atoms with E-state index in [4.69, 9.17) is 42.1 Å². The van der Waals surface area contributed by atoms with Gasteiger partial charge in [-0.25, -0.2) is 9.97 Å². The number of piperidine rings is 1. The van der Waals surface area contributed by atoms with Gasteiger partial charge in [0.1, 0.15) is 30.6 Å². The molecule has 1 N–H and O–H groups in total. The first-order chi connectivity index (χ1) is 17.9. The Balaban J connectivity index is 0.00000267. The lowest BCUT2D eigenvalue weighted by Crippen LogP contribution is -2.40. The molecule has 1 aliphatic heterocycles. The first kappa shape index (κ1) is 32.8. The number of benzene rings is 2. The first-order valence-corrected chi connectivity index (χ1v) is 12.8. The summed E-state index contributed by atoms with van der Waals surface area (Å²) in [5, 5.41) is 4.74. The van der Waals surface area contributed by atoms with Gasteiger partial charge in [-0.1, -0.05) is 29.6 Å². The number of fused-ring (bicyclic) bond motifs is 1. The predicted molar refractivity (Wildman–Crippen MR) is 158 cm³/mol. The molecule has 9 nitrogen and oxygen atoms in total. The second-order valence-electron chi connectivity index (χ2n) is 8.74. The van der Waals surface area contributed by atoms with Crippen LogP contribution in [-0.2, 0) is 9.53 Å². The number of methoxy groups -OCH3 is 2. The number of likely N-dealkylation sites (tertiary alicyclic amines) is 1. The molecule has 1 atom stereocenters. The zero-order chi connectivity index (χ0) is 26.4. The second kappa shape index (κ2) is 15.4. The lowest BCUT2D eigenvalue weighted by molar-refractivity contribution is -0.149. The average Bonchev–Trinajstić information content (AvgIpc) is 2.88. The lowest BCUT2D eigenvalue weighted by Gasteiger charge is -2.30. The maximum absolute atomic E-state index is 11.7. The highest BCUT2D eigenvalue weighted by Gasteiger charge is 2.21. The predicted octanol–water partition coefficient (Wildman–Crippen LogP) is 6.34. The molecule has 0 aliphatic carbocycles. The fraction of sp³-hybridized carbons (Fsp3) is 0.423. The fourth-order valence-corrected chi connectivity index (χ4v) is 4.82. The van der Waals surface area contributed by atoms with Crippen LogP contribution in [0.2, 0.25) is 10.0 Å². The third kappa shape index (κ3) is 8.53. The van der Waals surface area contributed by atoms with Crippen LogP contribution in [0.4, 0.5) is 11.5 Å². The van der Waals surface area contributed by atoms with E-state index in [0.717, 1.165) is 25.9 Å². The molecule has 1 saturated heterocycles. The molecule has 39 heavy (non-hydrogen) atoms. The van der Waals surface area contributed by atoms with Gasteiger partial charge in [-0.3, -0.25) is 9.69 Å². The van der Waals surface area contributed by atoms with Gasteiger partial charge in [-0.05, 0) is 38.1 Å². The molecule has 0 amide bonds. The Morgan fingerprint density at radius 1 is 0.974 bits per heavy atom. The monoisotopic (exact) mass is 620 g/mol. The number of aromatic nitrogens is 2. The van der Waals surface area contributed by atoms with Gasteiger partial charge in [-0.15, -0.1) is 24.8 Å². The van der Waals surface area contributed by atoms with Gasteiger partial charge in [0.25, 0.3) is 0 Å². The standard InChI is InChI=1S/C26H30Cl2N4O5.2ClH/c1-16(33)37-17(13-32-7-5-4-6-8-32)14-36-25-11-21-18(9-24(25)35-3)26(30-15-29-21)31-22-12-23(34-2)20(28)10-19(22)27;;/h9-12,15,17H,4-8,13-14H2,1-3H3,(H,29,30,31);2*1H. The summed E-state index contributed by atoms with van der Waals surface area (Å²) in [7, 11) is 3.09. The van der Waals surface area contributed by atoms with Gasteiger partial charge in [0.2, 0.25) is 0 Å². The van der Waals surface area contributed by atoms with Crippen molar-refractivity contribution in [3.63, 3.8) is 0 Å². The number of rotatable bonds is 10.